The fraction of sp³-hybridized carbons (Fsp3) is 0.100. The Balaban J connectivity index is 2.93. The number of hydrogen-bond acceptors (Lipinski definition) is 2. The molecule has 0 radical (unpaired) electrons. The van der Waals surface area contributed by atoms with Crippen molar-refractivity contribution in [3.63, 3.8) is 0 Å². The molecule has 0 bridgehead atoms. The minimum Gasteiger partial charge on any atom is -0.445 e. The van der Waals surface area contributed by atoms with Gasteiger partial charge in [-0.3, -0.25) is 4.79 Å². The van der Waals surface area contributed by atoms with Crippen LogP contribution < -0.4 is 4.74 Å². The molecule has 0 aliphatic heterocycles. The van der Waals surface area contributed by atoms with Crippen LogP contribution in [0.15, 0.2) is 35.6 Å². The molecule has 0 amide bonds. The Hall–Kier alpha value is -1.28. The van der Waals surface area contributed by atoms with Gasteiger partial charge >= 0.3 is 0 Å². The van der Waals surface area contributed by atoms with Gasteiger partial charge in [-0.1, -0.05) is 12.1 Å². The van der Waals surface area contributed by atoms with E-state index in [2.05, 4.69) is 0 Å². The molecule has 2 nitrogen and oxygen atoms in total. The van der Waals surface area contributed by atoms with E-state index in [1.807, 2.05) is 0 Å². The zero-order valence-electron chi connectivity index (χ0n) is 7.16. The Morgan fingerprint density at radius 3 is 2.77 bits per heavy atom. The van der Waals surface area contributed by atoms with Gasteiger partial charge in [0.1, 0.15) is 5.75 Å². The lowest BCUT2D eigenvalue weighted by molar-refractivity contribution is 0.112. The maximum absolute atomic E-state index is 10.6. The highest BCUT2D eigenvalue weighted by Gasteiger charge is 2.01. The van der Waals surface area contributed by atoms with Crippen LogP contribution in [0.3, 0.4) is 0 Å². The summed E-state index contributed by atoms with van der Waals surface area (Å²) < 4.78 is 5.18. The minimum absolute atomic E-state index is 0.259. The first-order valence-corrected chi connectivity index (χ1v) is 4.19. The number of benzene rings is 1. The minimum atomic E-state index is 0.259. The summed E-state index contributed by atoms with van der Waals surface area (Å²) in [4.78, 5) is 10.6. The molecule has 0 aromatic heterocycles. The van der Waals surface area contributed by atoms with E-state index in [1.54, 1.807) is 37.3 Å². The quantitative estimate of drug-likeness (QED) is 0.549. The number of halogens is 1. The fourth-order valence-electron chi connectivity index (χ4n) is 0.835. The maximum Gasteiger partial charge on any atom is 0.189 e. The van der Waals surface area contributed by atoms with Crippen LogP contribution in [0.2, 0.25) is 0 Å². The van der Waals surface area contributed by atoms with Crippen molar-refractivity contribution >= 4 is 17.9 Å². The van der Waals surface area contributed by atoms with Crippen LogP contribution in [0.5, 0.6) is 5.75 Å². The smallest absolute Gasteiger partial charge is 0.189 e. The number of hydrogen-bond donors (Lipinski definition) is 0. The Morgan fingerprint density at radius 1 is 1.46 bits per heavy atom. The maximum atomic E-state index is 10.6. The molecule has 1 aromatic rings. The number of ether oxygens (including phenoxy) is 1. The fourth-order valence-corrected chi connectivity index (χ4v) is 0.918. The molecule has 0 heterocycles. The molecule has 1 aromatic carbocycles. The highest BCUT2D eigenvalue weighted by molar-refractivity contribution is 6.28. The van der Waals surface area contributed by atoms with Crippen LogP contribution >= 0.6 is 11.6 Å². The molecule has 0 spiro atoms. The first-order valence-electron chi connectivity index (χ1n) is 3.81. The molecule has 68 valence electrons. The Kier molecular flexibility index (Phi) is 3.53. The number of para-hydroxylation sites is 1. The zero-order chi connectivity index (χ0) is 9.68. The van der Waals surface area contributed by atoms with Crippen LogP contribution in [0, 0.1) is 0 Å². The van der Waals surface area contributed by atoms with Crippen LogP contribution in [0.4, 0.5) is 0 Å². The molecule has 3 heteroatoms. The average Bonchev–Trinajstić information content (AvgIpc) is 2.18. The third kappa shape index (κ3) is 2.60. The molecule has 0 fully saturated rings. The lowest BCUT2D eigenvalue weighted by atomic mass is 10.2. The van der Waals surface area contributed by atoms with Crippen LogP contribution in [0.25, 0.3) is 0 Å². The van der Waals surface area contributed by atoms with Crippen LogP contribution in [-0.4, -0.2) is 6.29 Å². The summed E-state index contributed by atoms with van der Waals surface area (Å²) in [5, 5.41) is 0.259. The monoisotopic (exact) mass is 196 g/mol. The van der Waals surface area contributed by atoms with Gasteiger partial charge < -0.3 is 4.74 Å². The number of rotatable bonds is 3. The summed E-state index contributed by atoms with van der Waals surface area (Å²) in [5.41, 5.74) is 0.488. The Morgan fingerprint density at radius 2 is 2.15 bits per heavy atom. The number of carbonyl (C=O) groups excluding carboxylic acids is 1. The second-order valence-corrected chi connectivity index (χ2v) is 2.72. The highest BCUT2D eigenvalue weighted by atomic mass is 35.5. The second-order valence-electron chi connectivity index (χ2n) is 2.35. The van der Waals surface area contributed by atoms with E-state index in [1.165, 1.54) is 0 Å². The van der Waals surface area contributed by atoms with Crippen molar-refractivity contribution in [2.45, 2.75) is 6.92 Å². The van der Waals surface area contributed by atoms with Crippen LogP contribution in [0.1, 0.15) is 17.3 Å². The molecule has 1 rings (SSSR count). The van der Waals surface area contributed by atoms with Gasteiger partial charge in [0.25, 0.3) is 0 Å². The van der Waals surface area contributed by atoms with Crippen molar-refractivity contribution in [1.82, 2.24) is 0 Å². The van der Waals surface area contributed by atoms with Crippen LogP contribution in [-0.2, 0) is 0 Å². The molecular weight excluding hydrogens is 188 g/mol. The zero-order valence-corrected chi connectivity index (χ0v) is 7.91. The SMILES string of the molecule is CC=C(Cl)Oc1ccccc1C=O. The molecular formula is C10H9ClO2. The summed E-state index contributed by atoms with van der Waals surface area (Å²) in [6.45, 7) is 1.76. The third-order valence-electron chi connectivity index (χ3n) is 1.48. The second kappa shape index (κ2) is 4.67. The van der Waals surface area contributed by atoms with Gasteiger partial charge in [-0.25, -0.2) is 0 Å². The molecule has 0 unspecified atom stereocenters. The number of carbonyl (C=O) groups is 1. The van der Waals surface area contributed by atoms with E-state index in [-0.39, 0.29) is 5.22 Å². The molecule has 0 aliphatic rings. The van der Waals surface area contributed by atoms with Gasteiger partial charge in [-0.05, 0) is 36.7 Å². The van der Waals surface area contributed by atoms with Crippen molar-refractivity contribution in [1.29, 1.82) is 0 Å². The summed E-state index contributed by atoms with van der Waals surface area (Å²) >= 11 is 5.65. The molecule has 13 heavy (non-hydrogen) atoms. The van der Waals surface area contributed by atoms with Gasteiger partial charge in [0.15, 0.2) is 11.5 Å². The van der Waals surface area contributed by atoms with E-state index in [0.29, 0.717) is 11.3 Å². The Labute approximate surface area is 81.8 Å². The topological polar surface area (TPSA) is 26.3 Å². The van der Waals surface area contributed by atoms with Gasteiger partial charge in [0, 0.05) is 0 Å². The van der Waals surface area contributed by atoms with Crippen molar-refractivity contribution in [3.05, 3.63) is 41.1 Å². The van der Waals surface area contributed by atoms with E-state index < -0.39 is 0 Å². The predicted octanol–water partition coefficient (Wildman–Crippen LogP) is 2.98. The molecule has 0 atom stereocenters. The summed E-state index contributed by atoms with van der Waals surface area (Å²) in [5.74, 6) is 0.473. The van der Waals surface area contributed by atoms with Crippen molar-refractivity contribution < 1.29 is 9.53 Å². The lowest BCUT2D eigenvalue weighted by Crippen LogP contribution is -1.92. The molecule has 0 N–H and O–H groups in total. The van der Waals surface area contributed by atoms with Crippen molar-refractivity contribution in [2.75, 3.05) is 0 Å². The Bertz CT molecular complexity index is 331. The van der Waals surface area contributed by atoms with Crippen molar-refractivity contribution in [3.8, 4) is 5.75 Å². The lowest BCUT2D eigenvalue weighted by Gasteiger charge is -2.04. The third-order valence-corrected chi connectivity index (χ3v) is 1.78. The first kappa shape index (κ1) is 9.81. The first-order chi connectivity index (χ1) is 6.27. The van der Waals surface area contributed by atoms with Gasteiger partial charge in [-0.2, -0.15) is 0 Å². The summed E-state index contributed by atoms with van der Waals surface area (Å²) in [7, 11) is 0. The number of allylic oxidation sites excluding steroid dienone is 1. The van der Waals surface area contributed by atoms with Crippen molar-refractivity contribution in [2.24, 2.45) is 0 Å². The largest absolute Gasteiger partial charge is 0.445 e. The normalized spacial score (nSPS) is 11.1. The van der Waals surface area contributed by atoms with Gasteiger partial charge in [-0.15, -0.1) is 0 Å². The molecule has 0 saturated carbocycles. The van der Waals surface area contributed by atoms with E-state index in [0.717, 1.165) is 6.29 Å². The highest BCUT2D eigenvalue weighted by Crippen LogP contribution is 2.19. The van der Waals surface area contributed by atoms with E-state index in [4.69, 9.17) is 16.3 Å². The predicted molar refractivity (Wildman–Crippen MR) is 52.1 cm³/mol. The molecule has 0 saturated heterocycles. The molecule has 0 aliphatic carbocycles. The number of aldehydes is 1. The average molecular weight is 197 g/mol. The standard InChI is InChI=1S/C10H9ClO2/c1-2-10(11)13-9-6-4-3-5-8(9)7-12/h2-7H,1H3. The van der Waals surface area contributed by atoms with E-state index in [9.17, 15) is 4.79 Å². The van der Waals surface area contributed by atoms with E-state index >= 15 is 0 Å². The summed E-state index contributed by atoms with van der Waals surface area (Å²) in [6.07, 6.45) is 2.35. The summed E-state index contributed by atoms with van der Waals surface area (Å²) in [6, 6.07) is 6.90. The van der Waals surface area contributed by atoms with Gasteiger partial charge in [0.2, 0.25) is 0 Å². The van der Waals surface area contributed by atoms with Gasteiger partial charge in [0.05, 0.1) is 5.56 Å².